The molecule has 1 fully saturated rings. The smallest absolute Gasteiger partial charge is 0.311 e. The lowest BCUT2D eigenvalue weighted by Gasteiger charge is -2.42. The lowest BCUT2D eigenvalue weighted by atomic mass is 9.85. The SMILES string of the molecule is CC[C@H]1OC(=O)[C@H](C)[C@@H](O)[C@H](C)[C@@H](O[C@H]2CC(N(C)CC(CC(=O)O)C(=O)O)C[C@@H](C)O2)/C(C)=C/[C@@H](C)CN(C)[C@H](C)[C@@H](O)[C@]1(C)O. The van der Waals surface area contributed by atoms with Crippen molar-refractivity contribution in [3.63, 3.8) is 0 Å². The van der Waals surface area contributed by atoms with Gasteiger partial charge in [-0.05, 0) is 73.0 Å². The van der Waals surface area contributed by atoms with E-state index in [1.807, 2.05) is 50.6 Å². The Hall–Kier alpha value is -2.13. The number of cyclic esters (lactones) is 1. The lowest BCUT2D eigenvalue weighted by Crippen LogP contribution is -2.59. The molecule has 0 aliphatic carbocycles. The average molecular weight is 673 g/mol. The van der Waals surface area contributed by atoms with Gasteiger partial charge < -0.3 is 49.5 Å². The van der Waals surface area contributed by atoms with Crippen LogP contribution >= 0.6 is 0 Å². The summed E-state index contributed by atoms with van der Waals surface area (Å²) in [6.07, 6.45) is -2.31. The number of hydrogen-bond acceptors (Lipinski definition) is 11. The van der Waals surface area contributed by atoms with E-state index in [9.17, 15) is 39.9 Å². The molecule has 13 nitrogen and oxygen atoms in total. The van der Waals surface area contributed by atoms with E-state index in [4.69, 9.17) is 14.2 Å². The Morgan fingerprint density at radius 1 is 1.15 bits per heavy atom. The Morgan fingerprint density at radius 2 is 1.77 bits per heavy atom. The first-order chi connectivity index (χ1) is 21.7. The molecule has 0 radical (unpaired) electrons. The quantitative estimate of drug-likeness (QED) is 0.178. The van der Waals surface area contributed by atoms with Gasteiger partial charge in [0.05, 0.1) is 36.6 Å². The van der Waals surface area contributed by atoms with E-state index in [1.54, 1.807) is 27.8 Å². The summed E-state index contributed by atoms with van der Waals surface area (Å²) in [4.78, 5) is 40.1. The predicted octanol–water partition coefficient (Wildman–Crippen LogP) is 2.36. The van der Waals surface area contributed by atoms with Crippen LogP contribution in [0.2, 0.25) is 0 Å². The Labute approximate surface area is 279 Å². The number of ether oxygens (including phenoxy) is 3. The third-order valence-corrected chi connectivity index (χ3v) is 10.2. The Morgan fingerprint density at radius 3 is 2.32 bits per heavy atom. The molecule has 2 aliphatic rings. The third-order valence-electron chi connectivity index (χ3n) is 10.2. The van der Waals surface area contributed by atoms with Gasteiger partial charge in [-0.25, -0.2) is 0 Å². The van der Waals surface area contributed by atoms with Crippen molar-refractivity contribution in [2.45, 2.75) is 136 Å². The van der Waals surface area contributed by atoms with Crippen LogP contribution in [-0.2, 0) is 28.6 Å². The number of hydrogen-bond donors (Lipinski definition) is 5. The number of carbonyl (C=O) groups is 3. The number of esters is 1. The van der Waals surface area contributed by atoms with Crippen LogP contribution in [0.5, 0.6) is 0 Å². The molecule has 2 unspecified atom stereocenters. The number of aliphatic carboxylic acids is 2. The van der Waals surface area contributed by atoms with Crippen molar-refractivity contribution in [2.75, 3.05) is 27.2 Å². The molecule has 13 heteroatoms. The zero-order chi connectivity index (χ0) is 36.0. The molecule has 0 aromatic heterocycles. The van der Waals surface area contributed by atoms with E-state index in [-0.39, 0.29) is 31.0 Å². The van der Waals surface area contributed by atoms with E-state index in [0.29, 0.717) is 19.4 Å². The second kappa shape index (κ2) is 17.5. The number of likely N-dealkylation sites (N-methyl/N-ethyl adjacent to an activating group) is 1. The van der Waals surface area contributed by atoms with Gasteiger partial charge in [0, 0.05) is 37.5 Å². The number of carboxylic acid groups (broad SMARTS) is 2. The maximum absolute atomic E-state index is 13.4. The highest BCUT2D eigenvalue weighted by molar-refractivity contribution is 5.77. The van der Waals surface area contributed by atoms with Crippen molar-refractivity contribution in [3.05, 3.63) is 11.6 Å². The minimum absolute atomic E-state index is 0.0234. The average Bonchev–Trinajstić information content (AvgIpc) is 2.98. The molecular formula is C34H60N2O11. The number of nitrogens with zero attached hydrogens (tertiary/aromatic N) is 2. The summed E-state index contributed by atoms with van der Waals surface area (Å²) in [6, 6.07) is -0.630. The molecule has 0 spiro atoms. The van der Waals surface area contributed by atoms with Gasteiger partial charge in [-0.1, -0.05) is 26.8 Å². The Bertz CT molecular complexity index is 1080. The van der Waals surface area contributed by atoms with Gasteiger partial charge in [-0.3, -0.25) is 14.4 Å². The van der Waals surface area contributed by atoms with Crippen LogP contribution in [-0.4, -0.2) is 135 Å². The summed E-state index contributed by atoms with van der Waals surface area (Å²) in [5, 5.41) is 52.9. The highest BCUT2D eigenvalue weighted by Crippen LogP contribution is 2.33. The molecule has 13 atom stereocenters. The zero-order valence-electron chi connectivity index (χ0n) is 29.8. The minimum atomic E-state index is -1.74. The molecular weight excluding hydrogens is 612 g/mol. The minimum Gasteiger partial charge on any atom is -0.481 e. The normalized spacial score (nSPS) is 40.4. The van der Waals surface area contributed by atoms with Gasteiger partial charge >= 0.3 is 17.9 Å². The summed E-state index contributed by atoms with van der Waals surface area (Å²) < 4.78 is 18.6. The monoisotopic (exact) mass is 672 g/mol. The fourth-order valence-corrected chi connectivity index (χ4v) is 7.04. The maximum Gasteiger partial charge on any atom is 0.311 e. The van der Waals surface area contributed by atoms with Crippen LogP contribution in [0.3, 0.4) is 0 Å². The molecule has 0 amide bonds. The van der Waals surface area contributed by atoms with Crippen molar-refractivity contribution < 1.29 is 54.1 Å². The van der Waals surface area contributed by atoms with E-state index < -0.39 is 84.4 Å². The highest BCUT2D eigenvalue weighted by atomic mass is 16.7. The second-order valence-corrected chi connectivity index (χ2v) is 14.3. The van der Waals surface area contributed by atoms with Crippen molar-refractivity contribution in [1.82, 2.24) is 9.80 Å². The first kappa shape index (κ1) is 41.0. The van der Waals surface area contributed by atoms with E-state index in [1.165, 1.54) is 6.92 Å². The number of aliphatic hydroxyl groups is 3. The molecule has 2 aliphatic heterocycles. The fraction of sp³-hybridized carbons (Fsp3) is 0.853. The van der Waals surface area contributed by atoms with Crippen LogP contribution in [0.25, 0.3) is 0 Å². The Balaban J connectivity index is 2.42. The summed E-state index contributed by atoms with van der Waals surface area (Å²) >= 11 is 0. The largest absolute Gasteiger partial charge is 0.481 e. The molecule has 2 heterocycles. The van der Waals surface area contributed by atoms with Crippen molar-refractivity contribution in [2.24, 2.45) is 23.7 Å². The van der Waals surface area contributed by atoms with Gasteiger partial charge in [0.2, 0.25) is 0 Å². The molecule has 272 valence electrons. The number of aliphatic hydroxyl groups excluding tert-OH is 2. The molecule has 0 aromatic carbocycles. The van der Waals surface area contributed by atoms with E-state index in [0.717, 1.165) is 5.57 Å². The van der Waals surface area contributed by atoms with Crippen LogP contribution in [0.15, 0.2) is 11.6 Å². The summed E-state index contributed by atoms with van der Waals surface area (Å²) in [6.45, 7) is 14.8. The number of carbonyl (C=O) groups excluding carboxylic acids is 1. The van der Waals surface area contributed by atoms with Gasteiger partial charge in [-0.15, -0.1) is 0 Å². The van der Waals surface area contributed by atoms with Gasteiger partial charge in [0.1, 0.15) is 17.8 Å². The van der Waals surface area contributed by atoms with Crippen LogP contribution in [0.1, 0.15) is 81.1 Å². The first-order valence-electron chi connectivity index (χ1n) is 16.8. The standard InChI is InChI=1S/C34H60N2O11/c1-11-26-34(8,44)31(40)23(7)35(9)16-18(2)12-19(3)30(21(5)29(39)22(6)33(43)46-26)47-28-15-25(13-20(4)45-28)36(10)17-24(32(41)42)14-27(37)38/h12,18,20-26,28-31,39-40,44H,11,13-17H2,1-10H3,(H,37,38)(H,41,42)/b19-12+/t18-,20-,21+,22-,23-,24?,25?,26-,28+,29+,30+,31-,34-/m1/s1. The summed E-state index contributed by atoms with van der Waals surface area (Å²) in [7, 11) is 3.62. The third kappa shape index (κ3) is 10.9. The van der Waals surface area contributed by atoms with Crippen LogP contribution in [0, 0.1) is 23.7 Å². The van der Waals surface area contributed by atoms with Crippen LogP contribution in [0.4, 0.5) is 0 Å². The highest BCUT2D eigenvalue weighted by Gasteiger charge is 2.46. The molecule has 0 bridgehead atoms. The summed E-state index contributed by atoms with van der Waals surface area (Å²) in [5.74, 6) is -5.72. The number of carboxylic acids is 2. The second-order valence-electron chi connectivity index (χ2n) is 14.3. The predicted molar refractivity (Wildman–Crippen MR) is 174 cm³/mol. The maximum atomic E-state index is 13.4. The lowest BCUT2D eigenvalue weighted by molar-refractivity contribution is -0.229. The Kier molecular flexibility index (Phi) is 15.3. The van der Waals surface area contributed by atoms with E-state index in [2.05, 4.69) is 0 Å². The molecule has 47 heavy (non-hydrogen) atoms. The van der Waals surface area contributed by atoms with Crippen LogP contribution < -0.4 is 0 Å². The van der Waals surface area contributed by atoms with Crippen molar-refractivity contribution >= 4 is 17.9 Å². The summed E-state index contributed by atoms with van der Waals surface area (Å²) in [5.41, 5.74) is -0.926. The van der Waals surface area contributed by atoms with Crippen molar-refractivity contribution in [3.8, 4) is 0 Å². The van der Waals surface area contributed by atoms with E-state index >= 15 is 0 Å². The van der Waals surface area contributed by atoms with Gasteiger partial charge in [-0.2, -0.15) is 0 Å². The zero-order valence-corrected chi connectivity index (χ0v) is 29.8. The molecule has 0 aromatic rings. The van der Waals surface area contributed by atoms with Gasteiger partial charge in [0.25, 0.3) is 0 Å². The molecule has 2 rings (SSSR count). The fourth-order valence-electron chi connectivity index (χ4n) is 7.04. The molecule has 5 N–H and O–H groups in total. The number of rotatable bonds is 9. The first-order valence-corrected chi connectivity index (χ1v) is 16.8. The topological polar surface area (TPSA) is 187 Å². The van der Waals surface area contributed by atoms with Gasteiger partial charge in [0.15, 0.2) is 6.29 Å². The van der Waals surface area contributed by atoms with Crippen molar-refractivity contribution in [1.29, 1.82) is 0 Å². The molecule has 0 saturated carbocycles. The molecule has 1 saturated heterocycles.